The van der Waals surface area contributed by atoms with Crippen molar-refractivity contribution in [2.24, 2.45) is 5.73 Å². The summed E-state index contributed by atoms with van der Waals surface area (Å²) in [7, 11) is -3.91. The number of carboxylic acids is 1. The van der Waals surface area contributed by atoms with Gasteiger partial charge in [0.15, 0.2) is 0 Å². The van der Waals surface area contributed by atoms with E-state index in [9.17, 15) is 18.0 Å². The van der Waals surface area contributed by atoms with Crippen molar-refractivity contribution in [1.82, 2.24) is 4.72 Å². The number of hydrogen-bond acceptors (Lipinski definition) is 4. The molecule has 0 radical (unpaired) electrons. The van der Waals surface area contributed by atoms with Crippen molar-refractivity contribution in [2.75, 3.05) is 0 Å². The standard InChI is InChI=1S/C12H16N2O5S/c1-7-3-4-9(12(16)17)6-10(7)20(18,19)14-8(2)5-11(13)15/h3-4,6,8,14H,5H2,1-2H3,(H2,13,15)(H,16,17). The summed E-state index contributed by atoms with van der Waals surface area (Å²) in [5.41, 5.74) is 5.28. The van der Waals surface area contributed by atoms with Gasteiger partial charge in [-0.05, 0) is 31.5 Å². The van der Waals surface area contributed by atoms with Gasteiger partial charge in [0.1, 0.15) is 0 Å². The lowest BCUT2D eigenvalue weighted by Crippen LogP contribution is -2.36. The summed E-state index contributed by atoms with van der Waals surface area (Å²) in [5, 5.41) is 8.89. The van der Waals surface area contributed by atoms with E-state index in [-0.39, 0.29) is 16.9 Å². The summed E-state index contributed by atoms with van der Waals surface area (Å²) in [6.07, 6.45) is -0.142. The summed E-state index contributed by atoms with van der Waals surface area (Å²) in [5.74, 6) is -1.84. The third-order valence-corrected chi connectivity index (χ3v) is 4.32. The van der Waals surface area contributed by atoms with Crippen LogP contribution in [-0.4, -0.2) is 31.4 Å². The molecule has 1 amide bonds. The molecule has 20 heavy (non-hydrogen) atoms. The van der Waals surface area contributed by atoms with Crippen molar-refractivity contribution in [3.05, 3.63) is 29.3 Å². The van der Waals surface area contributed by atoms with Gasteiger partial charge >= 0.3 is 5.97 Å². The molecule has 0 bridgehead atoms. The molecule has 0 spiro atoms. The number of primary amides is 1. The molecule has 1 rings (SSSR count). The molecule has 0 aliphatic carbocycles. The second kappa shape index (κ2) is 6.02. The Morgan fingerprint density at radius 1 is 1.40 bits per heavy atom. The number of aryl methyl sites for hydroxylation is 1. The molecule has 0 heterocycles. The molecule has 4 N–H and O–H groups in total. The second-order valence-corrected chi connectivity index (χ2v) is 6.16. The van der Waals surface area contributed by atoms with E-state index >= 15 is 0 Å². The molecular formula is C12H16N2O5S. The Kier molecular flexibility index (Phi) is 4.85. The van der Waals surface area contributed by atoms with Crippen LogP contribution in [0.5, 0.6) is 0 Å². The Hall–Kier alpha value is -1.93. The maximum atomic E-state index is 12.2. The molecule has 0 aliphatic rings. The highest BCUT2D eigenvalue weighted by Gasteiger charge is 2.21. The normalized spacial score (nSPS) is 12.9. The van der Waals surface area contributed by atoms with E-state index in [0.717, 1.165) is 6.07 Å². The average molecular weight is 300 g/mol. The first-order chi connectivity index (χ1) is 9.13. The highest BCUT2D eigenvalue weighted by molar-refractivity contribution is 7.89. The van der Waals surface area contributed by atoms with E-state index in [4.69, 9.17) is 10.8 Å². The van der Waals surface area contributed by atoms with Crippen LogP contribution in [0.2, 0.25) is 0 Å². The van der Waals surface area contributed by atoms with Crippen LogP contribution in [-0.2, 0) is 14.8 Å². The van der Waals surface area contributed by atoms with Crippen LogP contribution in [0.3, 0.4) is 0 Å². The lowest BCUT2D eigenvalue weighted by Gasteiger charge is -2.14. The predicted molar refractivity (Wildman–Crippen MR) is 71.7 cm³/mol. The molecular weight excluding hydrogens is 284 g/mol. The van der Waals surface area contributed by atoms with Gasteiger partial charge in [-0.2, -0.15) is 0 Å². The summed E-state index contributed by atoms with van der Waals surface area (Å²) < 4.78 is 26.6. The molecule has 1 aromatic rings. The van der Waals surface area contributed by atoms with Crippen molar-refractivity contribution in [3.8, 4) is 0 Å². The van der Waals surface area contributed by atoms with Crippen LogP contribution >= 0.6 is 0 Å². The topological polar surface area (TPSA) is 127 Å². The Morgan fingerprint density at radius 2 is 2.00 bits per heavy atom. The number of carbonyl (C=O) groups is 2. The molecule has 1 unspecified atom stereocenters. The number of carbonyl (C=O) groups excluding carboxylic acids is 1. The van der Waals surface area contributed by atoms with E-state index < -0.39 is 27.9 Å². The lowest BCUT2D eigenvalue weighted by molar-refractivity contribution is -0.118. The molecule has 0 saturated heterocycles. The fourth-order valence-electron chi connectivity index (χ4n) is 1.69. The Morgan fingerprint density at radius 3 is 2.50 bits per heavy atom. The summed E-state index contributed by atoms with van der Waals surface area (Å²) >= 11 is 0. The average Bonchev–Trinajstić information content (AvgIpc) is 2.26. The van der Waals surface area contributed by atoms with E-state index in [1.54, 1.807) is 6.92 Å². The molecule has 0 aromatic heterocycles. The van der Waals surface area contributed by atoms with Crippen LogP contribution < -0.4 is 10.5 Å². The number of amides is 1. The van der Waals surface area contributed by atoms with Gasteiger partial charge in [-0.25, -0.2) is 17.9 Å². The third kappa shape index (κ3) is 4.04. The molecule has 0 saturated carbocycles. The van der Waals surface area contributed by atoms with Crippen molar-refractivity contribution in [3.63, 3.8) is 0 Å². The lowest BCUT2D eigenvalue weighted by atomic mass is 10.1. The molecule has 0 fully saturated rings. The van der Waals surface area contributed by atoms with Gasteiger partial charge in [-0.15, -0.1) is 0 Å². The summed E-state index contributed by atoms with van der Waals surface area (Å²) in [4.78, 5) is 21.5. The maximum absolute atomic E-state index is 12.2. The number of rotatable bonds is 6. The van der Waals surface area contributed by atoms with Gasteiger partial charge in [0.2, 0.25) is 15.9 Å². The number of nitrogens with one attached hydrogen (secondary N) is 1. The zero-order valence-corrected chi connectivity index (χ0v) is 11.9. The van der Waals surface area contributed by atoms with Crippen molar-refractivity contribution in [1.29, 1.82) is 0 Å². The van der Waals surface area contributed by atoms with Crippen molar-refractivity contribution >= 4 is 21.9 Å². The highest BCUT2D eigenvalue weighted by Crippen LogP contribution is 2.17. The predicted octanol–water partition coefficient (Wildman–Crippen LogP) is 0.235. The van der Waals surface area contributed by atoms with Gasteiger partial charge in [-0.1, -0.05) is 6.07 Å². The number of aromatic carboxylic acids is 1. The van der Waals surface area contributed by atoms with Crippen LogP contribution in [0, 0.1) is 6.92 Å². The van der Waals surface area contributed by atoms with E-state index in [0.29, 0.717) is 5.56 Å². The van der Waals surface area contributed by atoms with Gasteiger partial charge in [0.25, 0.3) is 0 Å². The van der Waals surface area contributed by atoms with Gasteiger partial charge in [0, 0.05) is 12.5 Å². The number of carboxylic acid groups (broad SMARTS) is 1. The van der Waals surface area contributed by atoms with Gasteiger partial charge in [0.05, 0.1) is 10.5 Å². The van der Waals surface area contributed by atoms with Crippen LogP contribution in [0.4, 0.5) is 0 Å². The van der Waals surface area contributed by atoms with Crippen molar-refractivity contribution in [2.45, 2.75) is 31.2 Å². The minimum absolute atomic E-state index is 0.126. The fourth-order valence-corrected chi connectivity index (χ4v) is 3.21. The largest absolute Gasteiger partial charge is 0.478 e. The van der Waals surface area contributed by atoms with Crippen molar-refractivity contribution < 1.29 is 23.1 Å². The van der Waals surface area contributed by atoms with Crippen LogP contribution in [0.1, 0.15) is 29.3 Å². The van der Waals surface area contributed by atoms with E-state index in [1.807, 2.05) is 0 Å². The number of nitrogens with two attached hydrogens (primary N) is 1. The maximum Gasteiger partial charge on any atom is 0.335 e. The Labute approximate surface area is 116 Å². The van der Waals surface area contributed by atoms with Gasteiger partial charge in [-0.3, -0.25) is 4.79 Å². The van der Waals surface area contributed by atoms with E-state index in [2.05, 4.69) is 4.72 Å². The zero-order valence-electron chi connectivity index (χ0n) is 11.1. The third-order valence-electron chi connectivity index (χ3n) is 2.59. The number of hydrogen-bond donors (Lipinski definition) is 3. The summed E-state index contributed by atoms with van der Waals surface area (Å²) in [6.45, 7) is 3.05. The first-order valence-electron chi connectivity index (χ1n) is 5.78. The molecule has 8 heteroatoms. The molecule has 1 aromatic carbocycles. The SMILES string of the molecule is Cc1ccc(C(=O)O)cc1S(=O)(=O)NC(C)CC(N)=O. The minimum atomic E-state index is -3.91. The fraction of sp³-hybridized carbons (Fsp3) is 0.333. The number of sulfonamides is 1. The monoisotopic (exact) mass is 300 g/mol. The van der Waals surface area contributed by atoms with Crippen LogP contribution in [0.25, 0.3) is 0 Å². The first-order valence-corrected chi connectivity index (χ1v) is 7.26. The Balaban J connectivity index is 3.12. The Bertz CT molecular complexity index is 639. The van der Waals surface area contributed by atoms with Gasteiger partial charge < -0.3 is 10.8 Å². The summed E-state index contributed by atoms with van der Waals surface area (Å²) in [6, 6.07) is 3.14. The quantitative estimate of drug-likeness (QED) is 0.693. The zero-order chi connectivity index (χ0) is 15.5. The molecule has 1 atom stereocenters. The smallest absolute Gasteiger partial charge is 0.335 e. The minimum Gasteiger partial charge on any atom is -0.478 e. The molecule has 0 aliphatic heterocycles. The van der Waals surface area contributed by atoms with Crippen LogP contribution in [0.15, 0.2) is 23.1 Å². The highest BCUT2D eigenvalue weighted by atomic mass is 32.2. The first kappa shape index (κ1) is 16.1. The molecule has 110 valence electrons. The molecule has 7 nitrogen and oxygen atoms in total. The second-order valence-electron chi connectivity index (χ2n) is 4.48. The van der Waals surface area contributed by atoms with E-state index in [1.165, 1.54) is 19.1 Å². The number of benzene rings is 1.